The van der Waals surface area contributed by atoms with Crippen molar-refractivity contribution in [3.63, 3.8) is 0 Å². The first-order valence-corrected chi connectivity index (χ1v) is 7.76. The fourth-order valence-electron chi connectivity index (χ4n) is 3.05. The summed E-state index contributed by atoms with van der Waals surface area (Å²) in [6.07, 6.45) is 4.94. The summed E-state index contributed by atoms with van der Waals surface area (Å²) in [7, 11) is 0. The molecule has 0 aromatic carbocycles. The third kappa shape index (κ3) is 2.45. The van der Waals surface area contributed by atoms with Crippen LogP contribution >= 0.6 is 11.6 Å². The number of hydrogen-bond donors (Lipinski definition) is 0. The van der Waals surface area contributed by atoms with Gasteiger partial charge < -0.3 is 4.90 Å². The van der Waals surface area contributed by atoms with Crippen molar-refractivity contribution in [2.24, 2.45) is 5.92 Å². The first kappa shape index (κ1) is 13.2. The standard InChI is InChI=1S/C15H22ClN3/c1-9(2)12-5-4-8-19(12)15-10(3)13(16)17-14(18-15)11-6-7-11/h9,11-12H,4-8H2,1-3H3. The Hall–Kier alpha value is -0.830. The predicted molar refractivity (Wildman–Crippen MR) is 79.0 cm³/mol. The van der Waals surface area contributed by atoms with Crippen molar-refractivity contribution in [3.8, 4) is 0 Å². The highest BCUT2D eigenvalue weighted by Gasteiger charge is 2.32. The van der Waals surface area contributed by atoms with Gasteiger partial charge in [0.2, 0.25) is 0 Å². The molecule has 0 N–H and O–H groups in total. The number of rotatable bonds is 3. The van der Waals surface area contributed by atoms with E-state index in [4.69, 9.17) is 16.6 Å². The van der Waals surface area contributed by atoms with Gasteiger partial charge in [-0.25, -0.2) is 9.97 Å². The highest BCUT2D eigenvalue weighted by Crippen LogP contribution is 2.41. The molecule has 2 aliphatic rings. The van der Waals surface area contributed by atoms with Gasteiger partial charge in [0.05, 0.1) is 0 Å². The summed E-state index contributed by atoms with van der Waals surface area (Å²) in [5.41, 5.74) is 1.04. The lowest BCUT2D eigenvalue weighted by molar-refractivity contribution is 0.488. The monoisotopic (exact) mass is 279 g/mol. The molecule has 104 valence electrons. The number of nitrogens with zero attached hydrogens (tertiary/aromatic N) is 3. The molecule has 1 atom stereocenters. The lowest BCUT2D eigenvalue weighted by Crippen LogP contribution is -2.34. The molecule has 1 saturated heterocycles. The fourth-order valence-corrected chi connectivity index (χ4v) is 3.22. The lowest BCUT2D eigenvalue weighted by atomic mass is 10.0. The Bertz CT molecular complexity index is 483. The van der Waals surface area contributed by atoms with Crippen molar-refractivity contribution < 1.29 is 0 Å². The Balaban J connectivity index is 1.98. The molecule has 1 aliphatic carbocycles. The Kier molecular flexibility index (Phi) is 3.42. The molecule has 3 nitrogen and oxygen atoms in total. The van der Waals surface area contributed by atoms with Crippen molar-refractivity contribution in [2.45, 2.75) is 58.4 Å². The van der Waals surface area contributed by atoms with Gasteiger partial charge in [-0.15, -0.1) is 0 Å². The zero-order valence-corrected chi connectivity index (χ0v) is 12.7. The second kappa shape index (κ2) is 4.93. The van der Waals surface area contributed by atoms with E-state index in [0.29, 0.717) is 23.0 Å². The molecular formula is C15H22ClN3. The van der Waals surface area contributed by atoms with Gasteiger partial charge in [-0.3, -0.25) is 0 Å². The maximum Gasteiger partial charge on any atom is 0.137 e. The minimum Gasteiger partial charge on any atom is -0.353 e. The number of hydrogen-bond acceptors (Lipinski definition) is 3. The van der Waals surface area contributed by atoms with Gasteiger partial charge in [0, 0.05) is 24.1 Å². The van der Waals surface area contributed by atoms with Gasteiger partial charge >= 0.3 is 0 Å². The Morgan fingerprint density at radius 3 is 2.58 bits per heavy atom. The van der Waals surface area contributed by atoms with Crippen LogP contribution in [0.2, 0.25) is 5.15 Å². The molecule has 1 saturated carbocycles. The van der Waals surface area contributed by atoms with Crippen molar-refractivity contribution in [1.82, 2.24) is 9.97 Å². The van der Waals surface area contributed by atoms with E-state index in [1.807, 2.05) is 6.92 Å². The van der Waals surface area contributed by atoms with Gasteiger partial charge in [-0.1, -0.05) is 25.4 Å². The van der Waals surface area contributed by atoms with Gasteiger partial charge in [-0.2, -0.15) is 0 Å². The van der Waals surface area contributed by atoms with Crippen molar-refractivity contribution >= 4 is 17.4 Å². The van der Waals surface area contributed by atoms with E-state index in [1.54, 1.807) is 0 Å². The second-order valence-corrected chi connectivity index (χ2v) is 6.60. The molecule has 2 heterocycles. The molecule has 19 heavy (non-hydrogen) atoms. The quantitative estimate of drug-likeness (QED) is 0.785. The smallest absolute Gasteiger partial charge is 0.137 e. The maximum absolute atomic E-state index is 6.32. The van der Waals surface area contributed by atoms with Crippen LogP contribution in [-0.4, -0.2) is 22.6 Å². The van der Waals surface area contributed by atoms with Crippen LogP contribution in [0.3, 0.4) is 0 Å². The number of halogens is 1. The average Bonchev–Trinajstić information content (AvgIpc) is 3.09. The van der Waals surface area contributed by atoms with Crippen LogP contribution < -0.4 is 4.90 Å². The van der Waals surface area contributed by atoms with E-state index in [2.05, 4.69) is 23.7 Å². The molecule has 1 unspecified atom stereocenters. The van der Waals surface area contributed by atoms with E-state index in [9.17, 15) is 0 Å². The Labute approximate surface area is 120 Å². The fraction of sp³-hybridized carbons (Fsp3) is 0.733. The highest BCUT2D eigenvalue weighted by molar-refractivity contribution is 6.30. The molecule has 1 aromatic rings. The lowest BCUT2D eigenvalue weighted by Gasteiger charge is -2.30. The molecular weight excluding hydrogens is 258 g/mol. The van der Waals surface area contributed by atoms with E-state index in [0.717, 1.165) is 23.8 Å². The van der Waals surface area contributed by atoms with Gasteiger partial charge in [0.25, 0.3) is 0 Å². The maximum atomic E-state index is 6.32. The van der Waals surface area contributed by atoms with E-state index >= 15 is 0 Å². The molecule has 0 amide bonds. The summed E-state index contributed by atoms with van der Waals surface area (Å²) in [4.78, 5) is 11.8. The molecule has 0 radical (unpaired) electrons. The Morgan fingerprint density at radius 2 is 1.95 bits per heavy atom. The van der Waals surface area contributed by atoms with Crippen LogP contribution in [0.5, 0.6) is 0 Å². The summed E-state index contributed by atoms with van der Waals surface area (Å²) < 4.78 is 0. The van der Waals surface area contributed by atoms with Crippen LogP contribution in [0.1, 0.15) is 56.8 Å². The predicted octanol–water partition coefficient (Wildman–Crippen LogP) is 3.94. The Morgan fingerprint density at radius 1 is 1.21 bits per heavy atom. The molecule has 2 fully saturated rings. The van der Waals surface area contributed by atoms with E-state index in [1.165, 1.54) is 25.7 Å². The van der Waals surface area contributed by atoms with Crippen molar-refractivity contribution in [3.05, 3.63) is 16.5 Å². The molecule has 4 heteroatoms. The van der Waals surface area contributed by atoms with E-state index < -0.39 is 0 Å². The minimum absolute atomic E-state index is 0.553. The van der Waals surface area contributed by atoms with Crippen LogP contribution in [0, 0.1) is 12.8 Å². The molecule has 1 aromatic heterocycles. The zero-order chi connectivity index (χ0) is 13.6. The third-order valence-corrected chi connectivity index (χ3v) is 4.73. The summed E-state index contributed by atoms with van der Waals surface area (Å²) in [6.45, 7) is 7.73. The summed E-state index contributed by atoms with van der Waals surface area (Å²) in [6, 6.07) is 0.594. The highest BCUT2D eigenvalue weighted by atomic mass is 35.5. The molecule has 0 spiro atoms. The largest absolute Gasteiger partial charge is 0.353 e. The van der Waals surface area contributed by atoms with Crippen LogP contribution in [0.15, 0.2) is 0 Å². The van der Waals surface area contributed by atoms with Crippen LogP contribution in [0.4, 0.5) is 5.82 Å². The molecule has 1 aliphatic heterocycles. The van der Waals surface area contributed by atoms with E-state index in [-0.39, 0.29) is 0 Å². The zero-order valence-electron chi connectivity index (χ0n) is 12.0. The number of aromatic nitrogens is 2. The van der Waals surface area contributed by atoms with Crippen LogP contribution in [0.25, 0.3) is 0 Å². The normalized spacial score (nSPS) is 23.4. The van der Waals surface area contributed by atoms with Crippen molar-refractivity contribution in [2.75, 3.05) is 11.4 Å². The summed E-state index contributed by atoms with van der Waals surface area (Å²) in [5, 5.41) is 0.640. The first-order chi connectivity index (χ1) is 9.08. The molecule has 0 bridgehead atoms. The first-order valence-electron chi connectivity index (χ1n) is 7.38. The topological polar surface area (TPSA) is 29.0 Å². The third-order valence-electron chi connectivity index (χ3n) is 4.36. The number of anilines is 1. The van der Waals surface area contributed by atoms with Crippen LogP contribution in [-0.2, 0) is 0 Å². The van der Waals surface area contributed by atoms with Gasteiger partial charge in [-0.05, 0) is 38.5 Å². The average molecular weight is 280 g/mol. The van der Waals surface area contributed by atoms with Gasteiger partial charge in [0.1, 0.15) is 16.8 Å². The second-order valence-electron chi connectivity index (χ2n) is 6.24. The molecule has 3 rings (SSSR count). The SMILES string of the molecule is Cc1c(Cl)nc(C2CC2)nc1N1CCCC1C(C)C. The van der Waals surface area contributed by atoms with Crippen molar-refractivity contribution in [1.29, 1.82) is 0 Å². The summed E-state index contributed by atoms with van der Waals surface area (Å²) in [5.74, 6) is 3.25. The minimum atomic E-state index is 0.553. The summed E-state index contributed by atoms with van der Waals surface area (Å²) >= 11 is 6.32. The van der Waals surface area contributed by atoms with Gasteiger partial charge in [0.15, 0.2) is 0 Å².